The molecule has 2 heterocycles. The second-order valence-corrected chi connectivity index (χ2v) is 4.46. The summed E-state index contributed by atoms with van der Waals surface area (Å²) >= 11 is 0. The van der Waals surface area contributed by atoms with Gasteiger partial charge in [-0.25, -0.2) is 0 Å². The van der Waals surface area contributed by atoms with Crippen molar-refractivity contribution in [2.75, 3.05) is 26.2 Å². The van der Waals surface area contributed by atoms with Crippen LogP contribution >= 0.6 is 0 Å². The van der Waals surface area contributed by atoms with Crippen LogP contribution in [0.2, 0.25) is 0 Å². The number of rotatable bonds is 5. The molecule has 0 saturated carbocycles. The average molecular weight is 222 g/mol. The summed E-state index contributed by atoms with van der Waals surface area (Å²) in [4.78, 5) is 2.55. The zero-order valence-corrected chi connectivity index (χ0v) is 10.1. The van der Waals surface area contributed by atoms with Crippen LogP contribution in [-0.2, 0) is 0 Å². The van der Waals surface area contributed by atoms with Gasteiger partial charge in [0.2, 0.25) is 0 Å². The Hall–Kier alpha value is -0.800. The van der Waals surface area contributed by atoms with Crippen molar-refractivity contribution in [2.24, 2.45) is 0 Å². The molecule has 0 unspecified atom stereocenters. The van der Waals surface area contributed by atoms with Gasteiger partial charge in [-0.15, -0.1) is 0 Å². The van der Waals surface area contributed by atoms with Crippen LogP contribution < -0.4 is 5.32 Å². The Kier molecular flexibility index (Phi) is 4.43. The Morgan fingerprint density at radius 1 is 1.44 bits per heavy atom. The van der Waals surface area contributed by atoms with Crippen molar-refractivity contribution in [1.29, 1.82) is 0 Å². The third kappa shape index (κ3) is 2.86. The molecule has 3 heteroatoms. The Morgan fingerprint density at radius 2 is 2.25 bits per heavy atom. The maximum absolute atomic E-state index is 5.58. The van der Waals surface area contributed by atoms with Gasteiger partial charge in [-0.1, -0.05) is 19.8 Å². The molecule has 1 atom stereocenters. The average Bonchev–Trinajstić information content (AvgIpc) is 2.85. The molecule has 1 saturated heterocycles. The number of nitrogens with one attached hydrogen (secondary N) is 1. The van der Waals surface area contributed by atoms with Crippen LogP contribution in [0, 0.1) is 0 Å². The molecule has 0 spiro atoms. The van der Waals surface area contributed by atoms with E-state index in [-0.39, 0.29) is 0 Å². The highest BCUT2D eigenvalue weighted by Gasteiger charge is 2.23. The van der Waals surface area contributed by atoms with Crippen molar-refractivity contribution in [3.63, 3.8) is 0 Å². The van der Waals surface area contributed by atoms with Gasteiger partial charge in [0.25, 0.3) is 0 Å². The molecular formula is C13H22N2O. The number of unbranched alkanes of at least 4 members (excludes halogenated alkanes) is 1. The lowest BCUT2D eigenvalue weighted by atomic mass is 10.0. The molecule has 0 radical (unpaired) electrons. The van der Waals surface area contributed by atoms with E-state index in [1.165, 1.54) is 19.3 Å². The monoisotopic (exact) mass is 222 g/mol. The van der Waals surface area contributed by atoms with Crippen LogP contribution in [0.25, 0.3) is 0 Å². The summed E-state index contributed by atoms with van der Waals surface area (Å²) < 4.78 is 5.58. The van der Waals surface area contributed by atoms with E-state index in [9.17, 15) is 0 Å². The number of hydrogen-bond acceptors (Lipinski definition) is 3. The molecule has 16 heavy (non-hydrogen) atoms. The lowest BCUT2D eigenvalue weighted by molar-refractivity contribution is 0.144. The maximum atomic E-state index is 5.58. The number of nitrogens with zero attached hydrogens (tertiary/aromatic N) is 1. The minimum atomic E-state index is 0.483. The van der Waals surface area contributed by atoms with Gasteiger partial charge in [-0.05, 0) is 18.6 Å². The topological polar surface area (TPSA) is 28.4 Å². The largest absolute Gasteiger partial charge is 0.468 e. The zero-order chi connectivity index (χ0) is 11.2. The van der Waals surface area contributed by atoms with E-state index < -0.39 is 0 Å². The third-order valence-electron chi connectivity index (χ3n) is 3.30. The van der Waals surface area contributed by atoms with Gasteiger partial charge in [0, 0.05) is 26.2 Å². The SMILES string of the molecule is CCCC[C@H](c1ccco1)N1CCNCC1. The lowest BCUT2D eigenvalue weighted by Crippen LogP contribution is -2.45. The summed E-state index contributed by atoms with van der Waals surface area (Å²) in [5, 5.41) is 3.40. The highest BCUT2D eigenvalue weighted by molar-refractivity contribution is 5.05. The van der Waals surface area contributed by atoms with E-state index in [1.807, 2.05) is 6.07 Å². The van der Waals surface area contributed by atoms with Crippen molar-refractivity contribution in [3.05, 3.63) is 24.2 Å². The molecule has 0 amide bonds. The summed E-state index contributed by atoms with van der Waals surface area (Å²) in [6.07, 6.45) is 5.53. The Morgan fingerprint density at radius 3 is 2.88 bits per heavy atom. The molecule has 0 aromatic carbocycles. The van der Waals surface area contributed by atoms with Crippen LogP contribution in [0.1, 0.15) is 38.0 Å². The number of piperazine rings is 1. The lowest BCUT2D eigenvalue weighted by Gasteiger charge is -2.33. The fourth-order valence-electron chi connectivity index (χ4n) is 2.38. The van der Waals surface area contributed by atoms with Crippen molar-refractivity contribution < 1.29 is 4.42 Å². The Labute approximate surface area is 97.8 Å². The molecule has 1 N–H and O–H groups in total. The van der Waals surface area contributed by atoms with Gasteiger partial charge in [-0.2, -0.15) is 0 Å². The quantitative estimate of drug-likeness (QED) is 0.829. The first kappa shape index (κ1) is 11.7. The predicted octanol–water partition coefficient (Wildman–Crippen LogP) is 2.42. The van der Waals surface area contributed by atoms with Crippen LogP contribution in [-0.4, -0.2) is 31.1 Å². The number of furan rings is 1. The number of hydrogen-bond donors (Lipinski definition) is 1. The second-order valence-electron chi connectivity index (χ2n) is 4.46. The summed E-state index contributed by atoms with van der Waals surface area (Å²) in [5.41, 5.74) is 0. The van der Waals surface area contributed by atoms with E-state index in [1.54, 1.807) is 6.26 Å². The molecule has 1 aromatic heterocycles. The summed E-state index contributed by atoms with van der Waals surface area (Å²) in [7, 11) is 0. The van der Waals surface area contributed by atoms with Gasteiger partial charge >= 0.3 is 0 Å². The molecule has 90 valence electrons. The summed E-state index contributed by atoms with van der Waals surface area (Å²) in [6.45, 7) is 6.72. The van der Waals surface area contributed by atoms with Crippen LogP contribution in [0.4, 0.5) is 0 Å². The van der Waals surface area contributed by atoms with Crippen molar-refractivity contribution >= 4 is 0 Å². The normalized spacial score (nSPS) is 19.8. The first-order valence-electron chi connectivity index (χ1n) is 6.40. The first-order valence-corrected chi connectivity index (χ1v) is 6.40. The molecule has 1 aromatic rings. The van der Waals surface area contributed by atoms with Crippen molar-refractivity contribution in [1.82, 2.24) is 10.2 Å². The fraction of sp³-hybridized carbons (Fsp3) is 0.692. The molecule has 1 aliphatic rings. The van der Waals surface area contributed by atoms with E-state index in [0.717, 1.165) is 31.9 Å². The van der Waals surface area contributed by atoms with Gasteiger partial charge < -0.3 is 9.73 Å². The predicted molar refractivity (Wildman–Crippen MR) is 65.4 cm³/mol. The van der Waals surface area contributed by atoms with E-state index in [2.05, 4.69) is 23.2 Å². The van der Waals surface area contributed by atoms with Gasteiger partial charge in [-0.3, -0.25) is 4.90 Å². The molecule has 1 fully saturated rings. The summed E-state index contributed by atoms with van der Waals surface area (Å²) in [5.74, 6) is 1.13. The summed E-state index contributed by atoms with van der Waals surface area (Å²) in [6, 6.07) is 4.59. The third-order valence-corrected chi connectivity index (χ3v) is 3.30. The second kappa shape index (κ2) is 6.06. The van der Waals surface area contributed by atoms with E-state index >= 15 is 0 Å². The van der Waals surface area contributed by atoms with E-state index in [4.69, 9.17) is 4.42 Å². The van der Waals surface area contributed by atoms with Crippen LogP contribution in [0.5, 0.6) is 0 Å². The molecule has 1 aliphatic heterocycles. The van der Waals surface area contributed by atoms with Crippen LogP contribution in [0.15, 0.2) is 22.8 Å². The fourth-order valence-corrected chi connectivity index (χ4v) is 2.38. The first-order chi connectivity index (χ1) is 7.92. The molecule has 0 bridgehead atoms. The van der Waals surface area contributed by atoms with Gasteiger partial charge in [0.05, 0.1) is 12.3 Å². The molecule has 2 rings (SSSR count). The minimum absolute atomic E-state index is 0.483. The van der Waals surface area contributed by atoms with E-state index in [0.29, 0.717) is 6.04 Å². The minimum Gasteiger partial charge on any atom is -0.468 e. The maximum Gasteiger partial charge on any atom is 0.120 e. The Balaban J connectivity index is 2.01. The van der Waals surface area contributed by atoms with Gasteiger partial charge in [0.15, 0.2) is 0 Å². The van der Waals surface area contributed by atoms with Gasteiger partial charge in [0.1, 0.15) is 5.76 Å². The molecular weight excluding hydrogens is 200 g/mol. The smallest absolute Gasteiger partial charge is 0.120 e. The zero-order valence-electron chi connectivity index (χ0n) is 10.1. The molecule has 0 aliphatic carbocycles. The highest BCUT2D eigenvalue weighted by Crippen LogP contribution is 2.26. The van der Waals surface area contributed by atoms with Crippen molar-refractivity contribution in [2.45, 2.75) is 32.2 Å². The van der Waals surface area contributed by atoms with Crippen molar-refractivity contribution in [3.8, 4) is 0 Å². The van der Waals surface area contributed by atoms with Crippen LogP contribution in [0.3, 0.4) is 0 Å². The highest BCUT2D eigenvalue weighted by atomic mass is 16.3. The standard InChI is InChI=1S/C13H22N2O/c1-2-3-5-12(13-6-4-11-16-13)15-9-7-14-8-10-15/h4,6,11-12,14H,2-3,5,7-10H2,1H3/t12-/m1/s1. The Bertz CT molecular complexity index is 278. The molecule has 3 nitrogen and oxygen atoms in total.